The second-order valence-corrected chi connectivity index (χ2v) is 4.17. The molecule has 0 amide bonds. The number of hydrogen-bond acceptors (Lipinski definition) is 2. The van der Waals surface area contributed by atoms with Gasteiger partial charge < -0.3 is 5.73 Å². The van der Waals surface area contributed by atoms with Gasteiger partial charge in [-0.3, -0.25) is 4.79 Å². The predicted molar refractivity (Wildman–Crippen MR) is 56.0 cm³/mol. The zero-order chi connectivity index (χ0) is 11.7. The molecule has 16 heavy (non-hydrogen) atoms. The summed E-state index contributed by atoms with van der Waals surface area (Å²) in [6, 6.07) is 3.42. The van der Waals surface area contributed by atoms with Crippen molar-refractivity contribution in [1.82, 2.24) is 0 Å². The molecule has 0 radical (unpaired) electrons. The third kappa shape index (κ3) is 1.85. The van der Waals surface area contributed by atoms with Gasteiger partial charge in [-0.25, -0.2) is 8.78 Å². The molecule has 4 heteroatoms. The highest BCUT2D eigenvalue weighted by molar-refractivity contribution is 5.98. The molecule has 0 aromatic heterocycles. The molecule has 1 saturated carbocycles. The molecule has 2 unspecified atom stereocenters. The van der Waals surface area contributed by atoms with E-state index < -0.39 is 11.6 Å². The Morgan fingerprint density at radius 3 is 2.69 bits per heavy atom. The van der Waals surface area contributed by atoms with E-state index in [2.05, 4.69) is 0 Å². The van der Waals surface area contributed by atoms with Crippen LogP contribution in [0.3, 0.4) is 0 Å². The van der Waals surface area contributed by atoms with E-state index >= 15 is 0 Å². The Hall–Kier alpha value is -1.29. The third-order valence-electron chi connectivity index (χ3n) is 3.12. The highest BCUT2D eigenvalue weighted by Crippen LogP contribution is 2.28. The van der Waals surface area contributed by atoms with Gasteiger partial charge in [-0.05, 0) is 25.0 Å². The Labute approximate surface area is 92.4 Å². The van der Waals surface area contributed by atoms with Crippen molar-refractivity contribution >= 4 is 5.78 Å². The predicted octanol–water partition coefficient (Wildman–Crippen LogP) is 2.27. The van der Waals surface area contributed by atoms with Gasteiger partial charge in [0.1, 0.15) is 0 Å². The number of Topliss-reactive ketones (excluding diaryl/α,β-unsaturated/α-hetero) is 1. The average Bonchev–Trinajstić information content (AvgIpc) is 2.68. The number of carbonyl (C=O) groups excluding carboxylic acids is 1. The van der Waals surface area contributed by atoms with Crippen molar-refractivity contribution in [2.45, 2.75) is 25.3 Å². The standard InChI is InChI=1S/C12H13F2NO/c13-9-5-1-4-8(11(9)14)12(16)7-3-2-6-10(7)15/h1,4-5,7,10H,2-3,6,15H2. The van der Waals surface area contributed by atoms with Gasteiger partial charge in [-0.15, -0.1) is 0 Å². The molecule has 0 bridgehead atoms. The van der Waals surface area contributed by atoms with E-state index in [1.165, 1.54) is 12.1 Å². The minimum absolute atomic E-state index is 0.178. The number of rotatable bonds is 2. The van der Waals surface area contributed by atoms with E-state index in [1.54, 1.807) is 0 Å². The second kappa shape index (κ2) is 4.29. The van der Waals surface area contributed by atoms with Crippen LogP contribution in [0.5, 0.6) is 0 Å². The van der Waals surface area contributed by atoms with Crippen LogP contribution in [-0.2, 0) is 0 Å². The van der Waals surface area contributed by atoms with Crippen LogP contribution in [0.1, 0.15) is 29.6 Å². The van der Waals surface area contributed by atoms with E-state index in [1.807, 2.05) is 0 Å². The van der Waals surface area contributed by atoms with Crippen molar-refractivity contribution in [2.24, 2.45) is 11.7 Å². The lowest BCUT2D eigenvalue weighted by Gasteiger charge is -2.14. The number of benzene rings is 1. The summed E-state index contributed by atoms with van der Waals surface area (Å²) in [6.45, 7) is 0. The molecule has 1 aromatic rings. The highest BCUT2D eigenvalue weighted by Gasteiger charge is 2.32. The zero-order valence-electron chi connectivity index (χ0n) is 8.75. The van der Waals surface area contributed by atoms with Crippen molar-refractivity contribution in [3.63, 3.8) is 0 Å². The van der Waals surface area contributed by atoms with E-state index in [0.717, 1.165) is 18.9 Å². The number of nitrogens with two attached hydrogens (primary N) is 1. The van der Waals surface area contributed by atoms with Crippen LogP contribution in [0, 0.1) is 17.6 Å². The molecule has 0 saturated heterocycles. The van der Waals surface area contributed by atoms with E-state index in [4.69, 9.17) is 5.73 Å². The van der Waals surface area contributed by atoms with Crippen molar-refractivity contribution in [3.05, 3.63) is 35.4 Å². The lowest BCUT2D eigenvalue weighted by molar-refractivity contribution is 0.0908. The fourth-order valence-corrected chi connectivity index (χ4v) is 2.21. The SMILES string of the molecule is NC1CCCC1C(=O)c1cccc(F)c1F. The van der Waals surface area contributed by atoms with E-state index in [0.29, 0.717) is 6.42 Å². The van der Waals surface area contributed by atoms with Gasteiger partial charge in [0.2, 0.25) is 0 Å². The number of ketones is 1. The number of carbonyl (C=O) groups is 1. The average molecular weight is 225 g/mol. The molecule has 86 valence electrons. The molecule has 0 aliphatic heterocycles. The van der Waals surface area contributed by atoms with Crippen molar-refractivity contribution < 1.29 is 13.6 Å². The maximum atomic E-state index is 13.4. The summed E-state index contributed by atoms with van der Waals surface area (Å²) in [4.78, 5) is 11.9. The Kier molecular flexibility index (Phi) is 3.01. The maximum Gasteiger partial charge on any atom is 0.170 e. The zero-order valence-corrected chi connectivity index (χ0v) is 8.75. The Morgan fingerprint density at radius 1 is 1.31 bits per heavy atom. The van der Waals surface area contributed by atoms with Gasteiger partial charge in [0.15, 0.2) is 17.4 Å². The van der Waals surface area contributed by atoms with Crippen LogP contribution in [0.2, 0.25) is 0 Å². The maximum absolute atomic E-state index is 13.4. The molecular weight excluding hydrogens is 212 g/mol. The second-order valence-electron chi connectivity index (χ2n) is 4.17. The first-order valence-electron chi connectivity index (χ1n) is 5.35. The van der Waals surface area contributed by atoms with Crippen LogP contribution < -0.4 is 5.73 Å². The van der Waals surface area contributed by atoms with Gasteiger partial charge in [-0.2, -0.15) is 0 Å². The Balaban J connectivity index is 2.30. The first-order valence-corrected chi connectivity index (χ1v) is 5.35. The van der Waals surface area contributed by atoms with Crippen LogP contribution >= 0.6 is 0 Å². The molecular formula is C12H13F2NO. The van der Waals surface area contributed by atoms with Crippen LogP contribution in [-0.4, -0.2) is 11.8 Å². The summed E-state index contributed by atoms with van der Waals surface area (Å²) >= 11 is 0. The molecule has 2 atom stereocenters. The highest BCUT2D eigenvalue weighted by atomic mass is 19.2. The van der Waals surface area contributed by atoms with Crippen molar-refractivity contribution in [3.8, 4) is 0 Å². The minimum Gasteiger partial charge on any atom is -0.327 e. The van der Waals surface area contributed by atoms with Crippen LogP contribution in [0.25, 0.3) is 0 Å². The summed E-state index contributed by atoms with van der Waals surface area (Å²) in [7, 11) is 0. The Morgan fingerprint density at radius 2 is 2.06 bits per heavy atom. The molecule has 1 aliphatic rings. The Bertz CT molecular complexity index is 419. The monoisotopic (exact) mass is 225 g/mol. The smallest absolute Gasteiger partial charge is 0.170 e. The summed E-state index contributed by atoms with van der Waals surface area (Å²) in [5.74, 6) is -2.79. The molecule has 2 N–H and O–H groups in total. The van der Waals surface area contributed by atoms with Crippen LogP contribution in [0.15, 0.2) is 18.2 Å². The molecule has 0 spiro atoms. The summed E-state index contributed by atoms with van der Waals surface area (Å²) in [5, 5.41) is 0. The van der Waals surface area contributed by atoms with E-state index in [-0.39, 0.29) is 23.3 Å². The summed E-state index contributed by atoms with van der Waals surface area (Å²) in [5.41, 5.74) is 5.59. The van der Waals surface area contributed by atoms with Crippen molar-refractivity contribution in [2.75, 3.05) is 0 Å². The fraction of sp³-hybridized carbons (Fsp3) is 0.417. The molecule has 1 fully saturated rings. The third-order valence-corrected chi connectivity index (χ3v) is 3.12. The summed E-state index contributed by atoms with van der Waals surface area (Å²) in [6.07, 6.45) is 2.30. The summed E-state index contributed by atoms with van der Waals surface area (Å²) < 4.78 is 26.4. The molecule has 0 heterocycles. The van der Waals surface area contributed by atoms with E-state index in [9.17, 15) is 13.6 Å². The lowest BCUT2D eigenvalue weighted by atomic mass is 9.93. The largest absolute Gasteiger partial charge is 0.327 e. The normalized spacial score (nSPS) is 24.7. The lowest BCUT2D eigenvalue weighted by Crippen LogP contribution is -2.31. The minimum atomic E-state index is -1.06. The van der Waals surface area contributed by atoms with Gasteiger partial charge in [0, 0.05) is 12.0 Å². The van der Waals surface area contributed by atoms with Gasteiger partial charge in [-0.1, -0.05) is 12.5 Å². The van der Waals surface area contributed by atoms with Crippen LogP contribution in [0.4, 0.5) is 8.78 Å². The topological polar surface area (TPSA) is 43.1 Å². The van der Waals surface area contributed by atoms with Gasteiger partial charge in [0.05, 0.1) is 5.56 Å². The molecule has 2 rings (SSSR count). The molecule has 1 aliphatic carbocycles. The molecule has 1 aromatic carbocycles. The van der Waals surface area contributed by atoms with Gasteiger partial charge in [0.25, 0.3) is 0 Å². The molecule has 2 nitrogen and oxygen atoms in total. The number of halogens is 2. The number of hydrogen-bond donors (Lipinski definition) is 1. The first-order chi connectivity index (χ1) is 7.61. The van der Waals surface area contributed by atoms with Gasteiger partial charge >= 0.3 is 0 Å². The quantitative estimate of drug-likeness (QED) is 0.784. The first kappa shape index (κ1) is 11.2. The van der Waals surface area contributed by atoms with Crippen molar-refractivity contribution in [1.29, 1.82) is 0 Å². The fourth-order valence-electron chi connectivity index (χ4n) is 2.21.